The van der Waals surface area contributed by atoms with Gasteiger partial charge in [0.05, 0.1) is 5.69 Å². The molecule has 46 heavy (non-hydrogen) atoms. The van der Waals surface area contributed by atoms with Gasteiger partial charge in [-0.2, -0.15) is 0 Å². The van der Waals surface area contributed by atoms with Gasteiger partial charge in [0, 0.05) is 28.5 Å². The summed E-state index contributed by atoms with van der Waals surface area (Å²) in [4.78, 5) is 19.6. The molecule has 0 amide bonds. The molecule has 4 heteroatoms. The molecule has 0 aliphatic heterocycles. The maximum atomic E-state index is 5.05. The molecule has 4 nitrogen and oxygen atoms in total. The van der Waals surface area contributed by atoms with Crippen LogP contribution in [0.25, 0.3) is 78.4 Å². The summed E-state index contributed by atoms with van der Waals surface area (Å²) in [7, 11) is 0. The van der Waals surface area contributed by atoms with Gasteiger partial charge in [0.25, 0.3) is 0 Å². The van der Waals surface area contributed by atoms with Crippen molar-refractivity contribution in [2.75, 3.05) is 0 Å². The van der Waals surface area contributed by atoms with Crippen LogP contribution in [0.1, 0.15) is 0 Å². The lowest BCUT2D eigenvalue weighted by atomic mass is 9.93. The predicted octanol–water partition coefficient (Wildman–Crippen LogP) is 10.4. The molecule has 8 rings (SSSR count). The van der Waals surface area contributed by atoms with Crippen LogP contribution in [0.4, 0.5) is 0 Å². The van der Waals surface area contributed by atoms with Crippen LogP contribution in [0.5, 0.6) is 0 Å². The Hall–Kier alpha value is -6.26. The number of nitrogens with zero attached hydrogens (tertiary/aromatic N) is 4. The quantitative estimate of drug-likeness (QED) is 0.194. The van der Waals surface area contributed by atoms with Gasteiger partial charge in [-0.25, -0.2) is 15.0 Å². The fourth-order valence-electron chi connectivity index (χ4n) is 5.79. The van der Waals surface area contributed by atoms with Crippen molar-refractivity contribution in [2.24, 2.45) is 0 Å². The van der Waals surface area contributed by atoms with Crippen molar-refractivity contribution >= 4 is 10.8 Å². The zero-order chi connectivity index (χ0) is 30.7. The number of benzene rings is 6. The average molecular weight is 589 g/mol. The van der Waals surface area contributed by atoms with Crippen molar-refractivity contribution in [3.8, 4) is 67.7 Å². The molecule has 0 unspecified atom stereocenters. The highest BCUT2D eigenvalue weighted by Crippen LogP contribution is 2.35. The first-order valence-corrected chi connectivity index (χ1v) is 15.3. The molecule has 0 aliphatic carbocycles. The molecule has 216 valence electrons. The van der Waals surface area contributed by atoms with E-state index in [9.17, 15) is 0 Å². The number of hydrogen-bond donors (Lipinski definition) is 0. The first kappa shape index (κ1) is 27.3. The summed E-state index contributed by atoms with van der Waals surface area (Å²) < 4.78 is 0. The molecule has 0 radical (unpaired) electrons. The monoisotopic (exact) mass is 588 g/mol. The predicted molar refractivity (Wildman–Crippen MR) is 188 cm³/mol. The van der Waals surface area contributed by atoms with Crippen molar-refractivity contribution in [1.29, 1.82) is 0 Å². The standard InChI is InChI=1S/C42H28N4/c1-3-13-30(14-4-1)40-44-41(31-15-5-2-6-16-31)46-42(45-40)38-27-36(33-18-11-19-35(25-33)39-20-9-10-23-43-39)26-37(28-38)34-22-21-29-12-7-8-17-32(29)24-34/h1-28H. The smallest absolute Gasteiger partial charge is 0.164 e. The zero-order valence-corrected chi connectivity index (χ0v) is 25.0. The molecule has 2 aromatic heterocycles. The number of pyridine rings is 1. The molecule has 0 fully saturated rings. The third-order valence-corrected chi connectivity index (χ3v) is 8.13. The minimum atomic E-state index is 0.623. The van der Waals surface area contributed by atoms with E-state index in [4.69, 9.17) is 15.0 Å². The number of rotatable bonds is 6. The van der Waals surface area contributed by atoms with Crippen molar-refractivity contribution in [2.45, 2.75) is 0 Å². The topological polar surface area (TPSA) is 51.6 Å². The second-order valence-corrected chi connectivity index (χ2v) is 11.2. The molecular weight excluding hydrogens is 560 g/mol. The highest BCUT2D eigenvalue weighted by atomic mass is 15.0. The van der Waals surface area contributed by atoms with Crippen LogP contribution in [0.15, 0.2) is 170 Å². The molecule has 0 saturated carbocycles. The summed E-state index contributed by atoms with van der Waals surface area (Å²) in [5.74, 6) is 1.90. The number of fused-ring (bicyclic) bond motifs is 1. The Morgan fingerprint density at radius 1 is 0.283 bits per heavy atom. The SMILES string of the molecule is c1ccc(-c2nc(-c3ccccc3)nc(-c3cc(-c4cccc(-c5ccccn5)c4)cc(-c4ccc5ccccc5c4)c3)n2)cc1. The Labute approximate surface area is 267 Å². The van der Waals surface area contributed by atoms with Gasteiger partial charge in [-0.15, -0.1) is 0 Å². The van der Waals surface area contributed by atoms with Crippen LogP contribution >= 0.6 is 0 Å². The molecule has 0 aliphatic rings. The minimum absolute atomic E-state index is 0.623. The van der Waals surface area contributed by atoms with Gasteiger partial charge in [-0.1, -0.05) is 121 Å². The molecule has 0 bridgehead atoms. The van der Waals surface area contributed by atoms with Gasteiger partial charge in [0.1, 0.15) is 0 Å². The summed E-state index contributed by atoms with van der Waals surface area (Å²) in [6.45, 7) is 0. The van der Waals surface area contributed by atoms with Crippen LogP contribution in [0.2, 0.25) is 0 Å². The number of hydrogen-bond acceptors (Lipinski definition) is 4. The third kappa shape index (κ3) is 5.56. The van der Waals surface area contributed by atoms with E-state index in [2.05, 4.69) is 89.9 Å². The minimum Gasteiger partial charge on any atom is -0.256 e. The second kappa shape index (κ2) is 12.0. The van der Waals surface area contributed by atoms with Gasteiger partial charge < -0.3 is 0 Å². The molecule has 8 aromatic rings. The highest BCUT2D eigenvalue weighted by molar-refractivity contribution is 5.89. The van der Waals surface area contributed by atoms with E-state index in [0.29, 0.717) is 17.5 Å². The van der Waals surface area contributed by atoms with Gasteiger partial charge in [0.15, 0.2) is 17.5 Å². The third-order valence-electron chi connectivity index (χ3n) is 8.13. The highest BCUT2D eigenvalue weighted by Gasteiger charge is 2.15. The van der Waals surface area contributed by atoms with E-state index in [1.807, 2.05) is 85.1 Å². The van der Waals surface area contributed by atoms with Crippen molar-refractivity contribution < 1.29 is 0 Å². The zero-order valence-electron chi connectivity index (χ0n) is 25.0. The van der Waals surface area contributed by atoms with Crippen molar-refractivity contribution in [3.63, 3.8) is 0 Å². The lowest BCUT2D eigenvalue weighted by Crippen LogP contribution is -2.00. The van der Waals surface area contributed by atoms with Gasteiger partial charge in [-0.05, 0) is 75.5 Å². The molecule has 2 heterocycles. The van der Waals surface area contributed by atoms with E-state index < -0.39 is 0 Å². The summed E-state index contributed by atoms with van der Waals surface area (Å²) in [5, 5.41) is 2.41. The van der Waals surface area contributed by atoms with E-state index in [1.165, 1.54) is 10.8 Å². The van der Waals surface area contributed by atoms with Crippen LogP contribution in [-0.2, 0) is 0 Å². The number of aromatic nitrogens is 4. The second-order valence-electron chi connectivity index (χ2n) is 11.2. The Morgan fingerprint density at radius 3 is 1.43 bits per heavy atom. The van der Waals surface area contributed by atoms with Gasteiger partial charge >= 0.3 is 0 Å². The molecule has 0 saturated heterocycles. The normalized spacial score (nSPS) is 11.0. The van der Waals surface area contributed by atoms with E-state index in [-0.39, 0.29) is 0 Å². The van der Waals surface area contributed by atoms with Crippen molar-refractivity contribution in [1.82, 2.24) is 19.9 Å². The molecule has 0 atom stereocenters. The lowest BCUT2D eigenvalue weighted by Gasteiger charge is -2.13. The first-order valence-electron chi connectivity index (χ1n) is 15.3. The fraction of sp³-hybridized carbons (Fsp3) is 0. The lowest BCUT2D eigenvalue weighted by molar-refractivity contribution is 1.07. The summed E-state index contributed by atoms with van der Waals surface area (Å²) in [6.07, 6.45) is 1.83. The Bertz CT molecular complexity index is 2240. The van der Waals surface area contributed by atoms with Crippen LogP contribution in [0.3, 0.4) is 0 Å². The van der Waals surface area contributed by atoms with Gasteiger partial charge in [-0.3, -0.25) is 4.98 Å². The Morgan fingerprint density at radius 2 is 0.783 bits per heavy atom. The molecular formula is C42H28N4. The fourth-order valence-corrected chi connectivity index (χ4v) is 5.79. The summed E-state index contributed by atoms with van der Waals surface area (Å²) >= 11 is 0. The van der Waals surface area contributed by atoms with Crippen LogP contribution < -0.4 is 0 Å². The molecule has 0 spiro atoms. The Kier molecular flexibility index (Phi) is 7.14. The van der Waals surface area contributed by atoms with E-state index in [0.717, 1.165) is 50.2 Å². The van der Waals surface area contributed by atoms with Gasteiger partial charge in [0.2, 0.25) is 0 Å². The first-order chi connectivity index (χ1) is 22.8. The van der Waals surface area contributed by atoms with Crippen LogP contribution in [0, 0.1) is 0 Å². The largest absolute Gasteiger partial charge is 0.256 e. The van der Waals surface area contributed by atoms with Crippen molar-refractivity contribution in [3.05, 3.63) is 170 Å². The maximum Gasteiger partial charge on any atom is 0.164 e. The van der Waals surface area contributed by atoms with E-state index in [1.54, 1.807) is 0 Å². The maximum absolute atomic E-state index is 5.05. The molecule has 0 N–H and O–H groups in total. The summed E-state index contributed by atoms with van der Waals surface area (Å²) in [5.41, 5.74) is 9.18. The van der Waals surface area contributed by atoms with Crippen LogP contribution in [-0.4, -0.2) is 19.9 Å². The Balaban J connectivity index is 1.34. The van der Waals surface area contributed by atoms with E-state index >= 15 is 0 Å². The summed E-state index contributed by atoms with van der Waals surface area (Å²) in [6, 6.07) is 56.4. The average Bonchev–Trinajstić information content (AvgIpc) is 3.15. The molecule has 6 aromatic carbocycles.